The summed E-state index contributed by atoms with van der Waals surface area (Å²) in [4.78, 5) is 13.0. The van der Waals surface area contributed by atoms with E-state index in [1.54, 1.807) is 6.07 Å². The standard InChI is InChI=1S/C29H20F6N4O2/c30-28(31,32)23-7-4-14-36-26(23)19-8-13-22-24(15-19)38-25(17-40-16-18-5-2-1-3-6-18)39-27(22)37-20-9-11-21(12-10-20)41-29(33,34)35/h1-15H,16-17H2,(H,37,38,39). The van der Waals surface area contributed by atoms with Gasteiger partial charge in [-0.15, -0.1) is 13.2 Å². The van der Waals surface area contributed by atoms with E-state index in [-0.39, 0.29) is 36.1 Å². The van der Waals surface area contributed by atoms with Crippen molar-refractivity contribution in [1.29, 1.82) is 0 Å². The number of pyridine rings is 1. The number of ether oxygens (including phenoxy) is 2. The lowest BCUT2D eigenvalue weighted by atomic mass is 10.0. The Bertz CT molecular complexity index is 1640. The van der Waals surface area contributed by atoms with E-state index in [2.05, 4.69) is 25.0 Å². The number of alkyl halides is 6. The maximum atomic E-state index is 13.7. The van der Waals surface area contributed by atoms with E-state index in [9.17, 15) is 26.3 Å². The molecule has 0 saturated heterocycles. The molecule has 12 heteroatoms. The molecule has 0 unspecified atom stereocenters. The number of hydrogen-bond acceptors (Lipinski definition) is 6. The fraction of sp³-hybridized carbons (Fsp3) is 0.138. The van der Waals surface area contributed by atoms with Crippen LogP contribution in [0.1, 0.15) is 17.0 Å². The molecule has 0 fully saturated rings. The monoisotopic (exact) mass is 570 g/mol. The lowest BCUT2D eigenvalue weighted by Gasteiger charge is -2.15. The molecule has 0 bridgehead atoms. The molecule has 5 aromatic rings. The van der Waals surface area contributed by atoms with Gasteiger partial charge in [-0.3, -0.25) is 4.98 Å². The summed E-state index contributed by atoms with van der Waals surface area (Å²) in [5.41, 5.74) is 0.680. The summed E-state index contributed by atoms with van der Waals surface area (Å²) < 4.78 is 88.2. The van der Waals surface area contributed by atoms with Crippen LogP contribution in [-0.2, 0) is 24.1 Å². The first-order valence-corrected chi connectivity index (χ1v) is 12.1. The van der Waals surface area contributed by atoms with Crippen molar-refractivity contribution >= 4 is 22.4 Å². The van der Waals surface area contributed by atoms with E-state index >= 15 is 0 Å². The average Bonchev–Trinajstić information content (AvgIpc) is 2.93. The van der Waals surface area contributed by atoms with Crippen LogP contribution in [0.25, 0.3) is 22.2 Å². The molecule has 5 rings (SSSR count). The third-order valence-electron chi connectivity index (χ3n) is 5.82. The molecule has 0 amide bonds. The normalized spacial score (nSPS) is 12.0. The predicted molar refractivity (Wildman–Crippen MR) is 139 cm³/mol. The van der Waals surface area contributed by atoms with Gasteiger partial charge < -0.3 is 14.8 Å². The van der Waals surface area contributed by atoms with Crippen molar-refractivity contribution < 1.29 is 35.8 Å². The molecule has 0 aliphatic carbocycles. The zero-order chi connectivity index (χ0) is 29.0. The second-order valence-electron chi connectivity index (χ2n) is 8.79. The van der Waals surface area contributed by atoms with Crippen LogP contribution in [0.4, 0.5) is 37.8 Å². The quantitative estimate of drug-likeness (QED) is 0.190. The first-order chi connectivity index (χ1) is 19.5. The molecule has 3 aromatic carbocycles. The average molecular weight is 570 g/mol. The van der Waals surface area contributed by atoms with Crippen LogP contribution in [0.5, 0.6) is 5.75 Å². The van der Waals surface area contributed by atoms with Gasteiger partial charge in [0.25, 0.3) is 0 Å². The first-order valence-electron chi connectivity index (χ1n) is 12.1. The SMILES string of the molecule is FC(F)(F)Oc1ccc(Nc2nc(COCc3ccccc3)nc3cc(-c4ncccc4C(F)(F)F)ccc23)cc1. The fourth-order valence-electron chi connectivity index (χ4n) is 4.06. The van der Waals surface area contributed by atoms with Gasteiger partial charge in [-0.1, -0.05) is 36.4 Å². The topological polar surface area (TPSA) is 69.2 Å². The van der Waals surface area contributed by atoms with Crippen LogP contribution in [0.15, 0.2) is 91.1 Å². The van der Waals surface area contributed by atoms with Gasteiger partial charge in [0, 0.05) is 22.8 Å². The minimum atomic E-state index is -4.83. The number of halogens is 6. The predicted octanol–water partition coefficient (Wildman–Crippen LogP) is 8.07. The highest BCUT2D eigenvalue weighted by atomic mass is 19.4. The summed E-state index contributed by atoms with van der Waals surface area (Å²) in [7, 11) is 0. The van der Waals surface area contributed by atoms with Gasteiger partial charge in [0.05, 0.1) is 23.4 Å². The summed E-state index contributed by atoms with van der Waals surface area (Å²) in [5, 5.41) is 3.50. The number of hydrogen-bond donors (Lipinski definition) is 1. The smallest absolute Gasteiger partial charge is 0.406 e. The Kier molecular flexibility index (Phi) is 7.75. The van der Waals surface area contributed by atoms with Crippen molar-refractivity contribution in [3.05, 3.63) is 108 Å². The van der Waals surface area contributed by atoms with Gasteiger partial charge in [-0.2, -0.15) is 13.2 Å². The van der Waals surface area contributed by atoms with Crippen LogP contribution >= 0.6 is 0 Å². The molecular formula is C29H20F6N4O2. The van der Waals surface area contributed by atoms with E-state index in [0.29, 0.717) is 16.6 Å². The Morgan fingerprint density at radius 1 is 0.756 bits per heavy atom. The van der Waals surface area contributed by atoms with Crippen molar-refractivity contribution in [1.82, 2.24) is 15.0 Å². The third-order valence-corrected chi connectivity index (χ3v) is 5.82. The second-order valence-corrected chi connectivity index (χ2v) is 8.79. The van der Waals surface area contributed by atoms with E-state index < -0.39 is 23.9 Å². The Hall–Kier alpha value is -4.71. The molecule has 0 aliphatic rings. The molecule has 0 spiro atoms. The van der Waals surface area contributed by atoms with Crippen LogP contribution < -0.4 is 10.1 Å². The number of anilines is 2. The summed E-state index contributed by atoms with van der Waals surface area (Å²) in [6.45, 7) is 0.258. The van der Waals surface area contributed by atoms with E-state index in [0.717, 1.165) is 23.8 Å². The van der Waals surface area contributed by atoms with Crippen molar-refractivity contribution in [2.75, 3.05) is 5.32 Å². The van der Waals surface area contributed by atoms with E-state index in [1.165, 1.54) is 36.5 Å². The zero-order valence-electron chi connectivity index (χ0n) is 21.0. The molecule has 1 N–H and O–H groups in total. The highest BCUT2D eigenvalue weighted by molar-refractivity contribution is 5.93. The summed E-state index contributed by atoms with van der Waals surface area (Å²) in [5.74, 6) is 0.120. The van der Waals surface area contributed by atoms with E-state index in [4.69, 9.17) is 4.74 Å². The summed E-state index contributed by atoms with van der Waals surface area (Å²) in [6, 6.07) is 21.1. The Morgan fingerprint density at radius 2 is 1.51 bits per heavy atom. The van der Waals surface area contributed by atoms with Crippen molar-refractivity contribution in [2.45, 2.75) is 25.8 Å². The zero-order valence-corrected chi connectivity index (χ0v) is 21.0. The van der Waals surface area contributed by atoms with Crippen LogP contribution in [0, 0.1) is 0 Å². The van der Waals surface area contributed by atoms with Gasteiger partial charge in [0.1, 0.15) is 18.2 Å². The molecule has 2 heterocycles. The molecule has 41 heavy (non-hydrogen) atoms. The molecule has 210 valence electrons. The number of nitrogens with one attached hydrogen (secondary N) is 1. The lowest BCUT2D eigenvalue weighted by molar-refractivity contribution is -0.274. The first kappa shape index (κ1) is 27.8. The minimum absolute atomic E-state index is 0.0144. The van der Waals surface area contributed by atoms with Gasteiger partial charge in [0.15, 0.2) is 5.82 Å². The van der Waals surface area contributed by atoms with Crippen molar-refractivity contribution in [3.8, 4) is 17.0 Å². The number of rotatable bonds is 8. The maximum Gasteiger partial charge on any atom is 0.573 e. The summed E-state index contributed by atoms with van der Waals surface area (Å²) in [6.07, 6.45) is -8.17. The Balaban J connectivity index is 1.50. The Labute approximate surface area is 229 Å². The summed E-state index contributed by atoms with van der Waals surface area (Å²) >= 11 is 0. The van der Waals surface area contributed by atoms with Crippen molar-refractivity contribution in [2.24, 2.45) is 0 Å². The number of fused-ring (bicyclic) bond motifs is 1. The largest absolute Gasteiger partial charge is 0.573 e. The molecular weight excluding hydrogens is 550 g/mol. The Morgan fingerprint density at radius 3 is 2.22 bits per heavy atom. The molecule has 6 nitrogen and oxygen atoms in total. The minimum Gasteiger partial charge on any atom is -0.406 e. The number of aromatic nitrogens is 3. The van der Waals surface area contributed by atoms with Gasteiger partial charge >= 0.3 is 12.5 Å². The van der Waals surface area contributed by atoms with Crippen LogP contribution in [0.2, 0.25) is 0 Å². The fourth-order valence-corrected chi connectivity index (χ4v) is 4.06. The van der Waals surface area contributed by atoms with Crippen LogP contribution in [0.3, 0.4) is 0 Å². The molecule has 0 radical (unpaired) electrons. The van der Waals surface area contributed by atoms with Crippen molar-refractivity contribution in [3.63, 3.8) is 0 Å². The highest BCUT2D eigenvalue weighted by Crippen LogP contribution is 2.37. The molecule has 0 saturated carbocycles. The van der Waals surface area contributed by atoms with E-state index in [1.807, 2.05) is 30.3 Å². The molecule has 0 aliphatic heterocycles. The van der Waals surface area contributed by atoms with Gasteiger partial charge in [0.2, 0.25) is 0 Å². The van der Waals surface area contributed by atoms with Crippen LogP contribution in [-0.4, -0.2) is 21.3 Å². The highest BCUT2D eigenvalue weighted by Gasteiger charge is 2.34. The second kappa shape index (κ2) is 11.4. The third kappa shape index (κ3) is 7.09. The molecule has 2 aromatic heterocycles. The number of benzene rings is 3. The maximum absolute atomic E-state index is 13.7. The number of nitrogens with zero attached hydrogens (tertiary/aromatic N) is 3. The molecule has 0 atom stereocenters. The van der Waals surface area contributed by atoms with Gasteiger partial charge in [-0.25, -0.2) is 9.97 Å². The van der Waals surface area contributed by atoms with Gasteiger partial charge in [-0.05, 0) is 54.1 Å². The lowest BCUT2D eigenvalue weighted by Crippen LogP contribution is -2.17.